The SMILES string of the molecule is Cc1cc(C)c2cc(CNc3ccc(N4CCCC4)cc3)c(=O)[nH]c2c1. The lowest BCUT2D eigenvalue weighted by Crippen LogP contribution is -2.17. The summed E-state index contributed by atoms with van der Waals surface area (Å²) in [6.07, 6.45) is 2.56. The number of aryl methyl sites for hydroxylation is 2. The molecular formula is C22H25N3O. The maximum atomic E-state index is 12.4. The van der Waals surface area contributed by atoms with Crippen molar-refractivity contribution in [2.75, 3.05) is 23.3 Å². The van der Waals surface area contributed by atoms with Gasteiger partial charge in [0.2, 0.25) is 0 Å². The van der Waals surface area contributed by atoms with Crippen LogP contribution in [0.3, 0.4) is 0 Å². The first kappa shape index (κ1) is 16.7. The van der Waals surface area contributed by atoms with Gasteiger partial charge in [0.05, 0.1) is 0 Å². The third kappa shape index (κ3) is 3.32. The van der Waals surface area contributed by atoms with Gasteiger partial charge in [-0.15, -0.1) is 0 Å². The van der Waals surface area contributed by atoms with E-state index in [-0.39, 0.29) is 5.56 Å². The molecule has 1 saturated heterocycles. The lowest BCUT2D eigenvalue weighted by atomic mass is 10.0. The van der Waals surface area contributed by atoms with Crippen molar-refractivity contribution in [3.05, 3.63) is 69.5 Å². The van der Waals surface area contributed by atoms with Crippen LogP contribution in [0.4, 0.5) is 11.4 Å². The molecule has 2 N–H and O–H groups in total. The fourth-order valence-corrected chi connectivity index (χ4v) is 3.81. The van der Waals surface area contributed by atoms with E-state index in [1.165, 1.54) is 24.1 Å². The number of hydrogen-bond donors (Lipinski definition) is 2. The largest absolute Gasteiger partial charge is 0.381 e. The second kappa shape index (κ2) is 6.87. The molecule has 1 aromatic heterocycles. The lowest BCUT2D eigenvalue weighted by Gasteiger charge is -2.18. The maximum Gasteiger partial charge on any atom is 0.253 e. The zero-order valence-corrected chi connectivity index (χ0v) is 15.4. The highest BCUT2D eigenvalue weighted by molar-refractivity contribution is 5.83. The molecule has 1 fully saturated rings. The zero-order valence-electron chi connectivity index (χ0n) is 15.4. The van der Waals surface area contributed by atoms with Crippen molar-refractivity contribution < 1.29 is 0 Å². The van der Waals surface area contributed by atoms with Crippen LogP contribution in [0.5, 0.6) is 0 Å². The van der Waals surface area contributed by atoms with Gasteiger partial charge in [-0.05, 0) is 74.2 Å². The first-order chi connectivity index (χ1) is 12.6. The van der Waals surface area contributed by atoms with E-state index in [1.807, 2.05) is 19.1 Å². The predicted molar refractivity (Wildman–Crippen MR) is 109 cm³/mol. The van der Waals surface area contributed by atoms with Crippen molar-refractivity contribution in [3.8, 4) is 0 Å². The minimum Gasteiger partial charge on any atom is -0.381 e. The van der Waals surface area contributed by atoms with Crippen LogP contribution in [0.2, 0.25) is 0 Å². The number of benzene rings is 2. The Balaban J connectivity index is 1.52. The molecule has 3 aromatic rings. The molecule has 4 rings (SSSR count). The highest BCUT2D eigenvalue weighted by Crippen LogP contribution is 2.23. The molecule has 2 aromatic carbocycles. The van der Waals surface area contributed by atoms with Gasteiger partial charge in [-0.2, -0.15) is 0 Å². The van der Waals surface area contributed by atoms with Gasteiger partial charge in [0.15, 0.2) is 0 Å². The number of pyridine rings is 1. The Kier molecular flexibility index (Phi) is 4.41. The maximum absolute atomic E-state index is 12.4. The fraction of sp³-hybridized carbons (Fsp3) is 0.318. The highest BCUT2D eigenvalue weighted by Gasteiger charge is 2.12. The molecule has 4 nitrogen and oxygen atoms in total. The molecule has 2 heterocycles. The number of nitrogens with one attached hydrogen (secondary N) is 2. The van der Waals surface area contributed by atoms with Crippen LogP contribution in [0, 0.1) is 13.8 Å². The summed E-state index contributed by atoms with van der Waals surface area (Å²) in [6.45, 7) is 6.95. The number of fused-ring (bicyclic) bond motifs is 1. The number of aromatic nitrogens is 1. The zero-order chi connectivity index (χ0) is 18.1. The van der Waals surface area contributed by atoms with Crippen LogP contribution in [-0.2, 0) is 6.54 Å². The average molecular weight is 347 g/mol. The van der Waals surface area contributed by atoms with E-state index in [4.69, 9.17) is 0 Å². The van der Waals surface area contributed by atoms with Gasteiger partial charge in [0.1, 0.15) is 0 Å². The van der Waals surface area contributed by atoms with Crippen molar-refractivity contribution in [2.45, 2.75) is 33.2 Å². The van der Waals surface area contributed by atoms with Gasteiger partial charge in [0, 0.05) is 47.5 Å². The summed E-state index contributed by atoms with van der Waals surface area (Å²) in [5.41, 5.74) is 6.31. The van der Waals surface area contributed by atoms with E-state index in [1.54, 1.807) is 0 Å². The van der Waals surface area contributed by atoms with Gasteiger partial charge < -0.3 is 15.2 Å². The first-order valence-electron chi connectivity index (χ1n) is 9.32. The van der Waals surface area contributed by atoms with E-state index in [2.05, 4.69) is 52.5 Å². The fourth-order valence-electron chi connectivity index (χ4n) is 3.81. The Labute approximate surface area is 153 Å². The molecule has 0 unspecified atom stereocenters. The van der Waals surface area contributed by atoms with Crippen LogP contribution in [-0.4, -0.2) is 18.1 Å². The van der Waals surface area contributed by atoms with Crippen LogP contribution >= 0.6 is 0 Å². The molecule has 1 aliphatic rings. The highest BCUT2D eigenvalue weighted by atomic mass is 16.1. The van der Waals surface area contributed by atoms with E-state index in [0.717, 1.165) is 40.8 Å². The minimum atomic E-state index is -0.0244. The summed E-state index contributed by atoms with van der Waals surface area (Å²) in [4.78, 5) is 17.8. The number of anilines is 2. The van der Waals surface area contributed by atoms with E-state index >= 15 is 0 Å². The first-order valence-corrected chi connectivity index (χ1v) is 9.32. The number of rotatable bonds is 4. The Bertz CT molecular complexity index is 983. The van der Waals surface area contributed by atoms with Gasteiger partial charge >= 0.3 is 0 Å². The van der Waals surface area contributed by atoms with Crippen molar-refractivity contribution >= 4 is 22.3 Å². The summed E-state index contributed by atoms with van der Waals surface area (Å²) in [5.74, 6) is 0. The number of H-pyrrole nitrogens is 1. The van der Waals surface area contributed by atoms with Gasteiger partial charge in [-0.25, -0.2) is 0 Å². The molecule has 0 bridgehead atoms. The third-order valence-corrected chi connectivity index (χ3v) is 5.21. The summed E-state index contributed by atoms with van der Waals surface area (Å²) in [7, 11) is 0. The Morgan fingerprint density at radius 3 is 2.50 bits per heavy atom. The minimum absolute atomic E-state index is 0.0244. The van der Waals surface area contributed by atoms with E-state index in [0.29, 0.717) is 6.54 Å². The number of hydrogen-bond acceptors (Lipinski definition) is 3. The second-order valence-corrected chi connectivity index (χ2v) is 7.26. The van der Waals surface area contributed by atoms with Gasteiger partial charge in [-0.3, -0.25) is 4.79 Å². The van der Waals surface area contributed by atoms with Crippen molar-refractivity contribution in [1.82, 2.24) is 4.98 Å². The standard InChI is InChI=1S/C22H25N3O/c1-15-11-16(2)20-13-17(22(26)24-21(20)12-15)14-23-18-5-7-19(8-6-18)25-9-3-4-10-25/h5-8,11-13,23H,3-4,9-10,14H2,1-2H3,(H,24,26). The molecule has 0 spiro atoms. The van der Waals surface area contributed by atoms with E-state index in [9.17, 15) is 4.79 Å². The predicted octanol–water partition coefficient (Wildman–Crippen LogP) is 4.36. The molecule has 0 radical (unpaired) electrons. The normalized spacial score (nSPS) is 14.2. The smallest absolute Gasteiger partial charge is 0.253 e. The molecular weight excluding hydrogens is 322 g/mol. The molecule has 0 saturated carbocycles. The second-order valence-electron chi connectivity index (χ2n) is 7.26. The van der Waals surface area contributed by atoms with Crippen LogP contribution in [0.25, 0.3) is 10.9 Å². The van der Waals surface area contributed by atoms with Crippen LogP contribution in [0.1, 0.15) is 29.5 Å². The Morgan fingerprint density at radius 2 is 1.77 bits per heavy atom. The van der Waals surface area contributed by atoms with Crippen molar-refractivity contribution in [3.63, 3.8) is 0 Å². The summed E-state index contributed by atoms with van der Waals surface area (Å²) in [5, 5.41) is 4.48. The summed E-state index contributed by atoms with van der Waals surface area (Å²) < 4.78 is 0. The molecule has 0 atom stereocenters. The summed E-state index contributed by atoms with van der Waals surface area (Å²) in [6, 6.07) is 14.7. The Hall–Kier alpha value is -2.75. The van der Waals surface area contributed by atoms with Crippen LogP contribution in [0.15, 0.2) is 47.3 Å². The van der Waals surface area contributed by atoms with Crippen molar-refractivity contribution in [2.24, 2.45) is 0 Å². The van der Waals surface area contributed by atoms with E-state index < -0.39 is 0 Å². The average Bonchev–Trinajstić information content (AvgIpc) is 3.15. The van der Waals surface area contributed by atoms with Crippen molar-refractivity contribution in [1.29, 1.82) is 0 Å². The molecule has 0 amide bonds. The molecule has 1 aliphatic heterocycles. The van der Waals surface area contributed by atoms with Gasteiger partial charge in [0.25, 0.3) is 5.56 Å². The quantitative estimate of drug-likeness (QED) is 0.737. The topological polar surface area (TPSA) is 48.1 Å². The Morgan fingerprint density at radius 1 is 1.04 bits per heavy atom. The van der Waals surface area contributed by atoms with Gasteiger partial charge in [-0.1, -0.05) is 6.07 Å². The number of nitrogens with zero attached hydrogens (tertiary/aromatic N) is 1. The number of aromatic amines is 1. The molecule has 0 aliphatic carbocycles. The monoisotopic (exact) mass is 347 g/mol. The summed E-state index contributed by atoms with van der Waals surface area (Å²) >= 11 is 0. The van der Waals surface area contributed by atoms with Crippen LogP contribution < -0.4 is 15.8 Å². The lowest BCUT2D eigenvalue weighted by molar-refractivity contribution is 0.949. The molecule has 134 valence electrons. The molecule has 4 heteroatoms. The third-order valence-electron chi connectivity index (χ3n) is 5.21. The molecule has 26 heavy (non-hydrogen) atoms.